The number of urea groups is 1. The van der Waals surface area contributed by atoms with E-state index in [-0.39, 0.29) is 12.1 Å². The Morgan fingerprint density at radius 3 is 2.23 bits per heavy atom. The molecule has 0 fully saturated rings. The Kier molecular flexibility index (Phi) is 10.6. The number of rotatable bonds is 8. The second kappa shape index (κ2) is 13.2. The number of hydrogen-bond donors (Lipinski definition) is 3. The monoisotopic (exact) mass is 430 g/mol. The Bertz CT molecular complexity index is 884. The summed E-state index contributed by atoms with van der Waals surface area (Å²) in [5, 5.41) is 5.03. The van der Waals surface area contributed by atoms with Gasteiger partial charge in [-0.05, 0) is 30.3 Å². The van der Waals surface area contributed by atoms with Crippen LogP contribution in [0.1, 0.15) is 15.9 Å². The van der Waals surface area contributed by atoms with Crippen molar-refractivity contribution < 1.29 is 28.7 Å². The van der Waals surface area contributed by atoms with E-state index in [4.69, 9.17) is 15.2 Å². The van der Waals surface area contributed by atoms with Gasteiger partial charge in [0.25, 0.3) is 5.91 Å². The van der Waals surface area contributed by atoms with E-state index in [0.717, 1.165) is 12.0 Å². The largest absolute Gasteiger partial charge is 0.496 e. The van der Waals surface area contributed by atoms with Gasteiger partial charge >= 0.3 is 12.0 Å². The van der Waals surface area contributed by atoms with Crippen LogP contribution in [0.5, 0.6) is 5.75 Å². The van der Waals surface area contributed by atoms with Crippen molar-refractivity contribution in [2.24, 2.45) is 5.73 Å². The third-order valence-electron chi connectivity index (χ3n) is 3.60. The Labute approximate surface area is 180 Å². The molecule has 31 heavy (non-hydrogen) atoms. The van der Waals surface area contributed by atoms with Crippen molar-refractivity contribution in [2.75, 3.05) is 33.1 Å². The maximum Gasteiger partial charge on any atom is 0.338 e. The highest BCUT2D eigenvalue weighted by Gasteiger charge is 2.11. The zero-order chi connectivity index (χ0) is 23.2. The topological polar surface area (TPSA) is 140 Å². The van der Waals surface area contributed by atoms with Crippen LogP contribution < -0.4 is 21.1 Å². The summed E-state index contributed by atoms with van der Waals surface area (Å²) in [5.74, 6) is -0.422. The molecule has 10 nitrogen and oxygen atoms in total. The lowest BCUT2D eigenvalue weighted by Gasteiger charge is -2.10. The van der Waals surface area contributed by atoms with Gasteiger partial charge in [-0.25, -0.2) is 9.59 Å². The molecule has 0 aliphatic carbocycles. The smallest absolute Gasteiger partial charge is 0.338 e. The normalized spacial score (nSPS) is 9.39. The van der Waals surface area contributed by atoms with Crippen LogP contribution in [0, 0.1) is 0 Å². The molecule has 4 amide bonds. The van der Waals surface area contributed by atoms with Gasteiger partial charge in [0.1, 0.15) is 5.75 Å². The van der Waals surface area contributed by atoms with Crippen LogP contribution in [0.25, 0.3) is 0 Å². The number of esters is 1. The lowest BCUT2D eigenvalue weighted by Crippen LogP contribution is -2.28. The average molecular weight is 430 g/mol. The van der Waals surface area contributed by atoms with E-state index < -0.39 is 24.5 Å². The number of carbonyl (C=O) groups is 4. The first-order valence-electron chi connectivity index (χ1n) is 9.10. The molecule has 0 spiro atoms. The van der Waals surface area contributed by atoms with E-state index in [1.807, 2.05) is 18.2 Å². The fraction of sp³-hybridized carbons (Fsp3) is 0.238. The highest BCUT2D eigenvalue weighted by Crippen LogP contribution is 2.16. The Hall–Kier alpha value is -4.08. The molecule has 10 heteroatoms. The molecule has 0 aliphatic rings. The number of nitrogens with two attached hydrogens (primary N) is 1. The number of benzene rings is 2. The Balaban J connectivity index is 0.000000861. The van der Waals surface area contributed by atoms with Crippen molar-refractivity contribution in [3.63, 3.8) is 0 Å². The summed E-state index contributed by atoms with van der Waals surface area (Å²) in [6.45, 7) is -0.150. The fourth-order valence-electron chi connectivity index (χ4n) is 2.14. The van der Waals surface area contributed by atoms with E-state index in [1.165, 1.54) is 29.2 Å². The van der Waals surface area contributed by atoms with E-state index in [0.29, 0.717) is 11.4 Å². The Morgan fingerprint density at radius 1 is 1.06 bits per heavy atom. The highest BCUT2D eigenvalue weighted by atomic mass is 16.5. The zero-order valence-electron chi connectivity index (χ0n) is 17.6. The molecule has 0 aromatic heterocycles. The van der Waals surface area contributed by atoms with Gasteiger partial charge in [0.05, 0.1) is 12.7 Å². The molecule has 0 radical (unpaired) electrons. The van der Waals surface area contributed by atoms with Gasteiger partial charge < -0.3 is 30.7 Å². The second-order valence-electron chi connectivity index (χ2n) is 6.30. The van der Waals surface area contributed by atoms with Crippen molar-refractivity contribution in [3.05, 3.63) is 59.7 Å². The van der Waals surface area contributed by atoms with Gasteiger partial charge in [0, 0.05) is 31.9 Å². The first-order chi connectivity index (χ1) is 14.8. The highest BCUT2D eigenvalue weighted by molar-refractivity contribution is 5.93. The molecular formula is C21H26N4O6. The van der Waals surface area contributed by atoms with Crippen LogP contribution in [-0.2, 0) is 20.9 Å². The predicted octanol–water partition coefficient (Wildman–Crippen LogP) is 1.36. The molecule has 0 heterocycles. The number of ether oxygens (including phenoxy) is 2. The zero-order valence-corrected chi connectivity index (χ0v) is 17.6. The maximum absolute atomic E-state index is 11.9. The number of anilines is 1. The summed E-state index contributed by atoms with van der Waals surface area (Å²) < 4.78 is 10.2. The average Bonchev–Trinajstić information content (AvgIpc) is 2.76. The van der Waals surface area contributed by atoms with Gasteiger partial charge in [0.2, 0.25) is 6.41 Å². The number of para-hydroxylation sites is 1. The fourth-order valence-corrected chi connectivity index (χ4v) is 2.14. The third-order valence-corrected chi connectivity index (χ3v) is 3.60. The molecule has 2 rings (SSSR count). The molecule has 0 aliphatic heterocycles. The first kappa shape index (κ1) is 25.0. The lowest BCUT2D eigenvalue weighted by atomic mass is 10.2. The SMILES string of the molecule is CN(C)C=O.COc1ccccc1CNC(=O)COC(=O)c1ccc(NC(N)=O)cc1. The van der Waals surface area contributed by atoms with Gasteiger partial charge in [-0.2, -0.15) is 0 Å². The van der Waals surface area contributed by atoms with Crippen molar-refractivity contribution in [1.82, 2.24) is 10.2 Å². The van der Waals surface area contributed by atoms with Crippen molar-refractivity contribution in [2.45, 2.75) is 6.54 Å². The molecule has 0 bridgehead atoms. The maximum atomic E-state index is 11.9. The second-order valence-corrected chi connectivity index (χ2v) is 6.30. The van der Waals surface area contributed by atoms with Gasteiger partial charge in [-0.3, -0.25) is 9.59 Å². The summed E-state index contributed by atoms with van der Waals surface area (Å²) in [4.78, 5) is 45.4. The lowest BCUT2D eigenvalue weighted by molar-refractivity contribution is -0.124. The molecule has 166 valence electrons. The Morgan fingerprint density at radius 2 is 1.68 bits per heavy atom. The molecule has 0 unspecified atom stereocenters. The van der Waals surface area contributed by atoms with Gasteiger partial charge in [-0.1, -0.05) is 18.2 Å². The molecule has 0 atom stereocenters. The minimum Gasteiger partial charge on any atom is -0.496 e. The number of nitrogens with one attached hydrogen (secondary N) is 2. The summed E-state index contributed by atoms with van der Waals surface area (Å²) in [5.41, 5.74) is 6.51. The summed E-state index contributed by atoms with van der Waals surface area (Å²) in [6, 6.07) is 12.5. The number of amides is 4. The molecule has 0 saturated carbocycles. The number of hydrogen-bond acceptors (Lipinski definition) is 6. The van der Waals surface area contributed by atoms with E-state index in [2.05, 4.69) is 10.6 Å². The van der Waals surface area contributed by atoms with Crippen LogP contribution in [0.4, 0.5) is 10.5 Å². The number of nitrogens with zero attached hydrogens (tertiary/aromatic N) is 1. The summed E-state index contributed by atoms with van der Waals surface area (Å²) >= 11 is 0. The van der Waals surface area contributed by atoms with Gasteiger partial charge in [-0.15, -0.1) is 0 Å². The van der Waals surface area contributed by atoms with Gasteiger partial charge in [0.15, 0.2) is 6.61 Å². The van der Waals surface area contributed by atoms with E-state index in [9.17, 15) is 19.2 Å². The number of carbonyl (C=O) groups excluding carboxylic acids is 4. The van der Waals surface area contributed by atoms with Crippen LogP contribution >= 0.6 is 0 Å². The summed E-state index contributed by atoms with van der Waals surface area (Å²) in [6.07, 6.45) is 0.750. The minimum absolute atomic E-state index is 0.248. The molecule has 0 saturated heterocycles. The van der Waals surface area contributed by atoms with Crippen LogP contribution in [0.15, 0.2) is 48.5 Å². The number of methoxy groups -OCH3 is 1. The van der Waals surface area contributed by atoms with Crippen LogP contribution in [0.2, 0.25) is 0 Å². The standard InChI is InChI=1S/C18H19N3O5.C3H7NO/c1-25-15-5-3-2-4-13(15)10-20-16(22)11-26-17(23)12-6-8-14(9-7-12)21-18(19)24;1-4(2)3-5/h2-9H,10-11H2,1H3,(H,20,22)(H3,19,21,24);3H,1-2H3. The quantitative estimate of drug-likeness (QED) is 0.427. The molecule has 2 aromatic rings. The van der Waals surface area contributed by atoms with Crippen LogP contribution in [-0.4, -0.2) is 57.0 Å². The minimum atomic E-state index is -0.702. The summed E-state index contributed by atoms with van der Waals surface area (Å²) in [7, 11) is 4.92. The molecular weight excluding hydrogens is 404 g/mol. The van der Waals surface area contributed by atoms with E-state index >= 15 is 0 Å². The predicted molar refractivity (Wildman–Crippen MR) is 115 cm³/mol. The van der Waals surface area contributed by atoms with E-state index in [1.54, 1.807) is 27.3 Å². The van der Waals surface area contributed by atoms with Crippen molar-refractivity contribution >= 4 is 30.0 Å². The van der Waals surface area contributed by atoms with Crippen molar-refractivity contribution in [3.8, 4) is 5.75 Å². The van der Waals surface area contributed by atoms with Crippen LogP contribution in [0.3, 0.4) is 0 Å². The van der Waals surface area contributed by atoms with Crippen molar-refractivity contribution in [1.29, 1.82) is 0 Å². The third kappa shape index (κ3) is 9.79. The number of primary amides is 1. The molecule has 2 aromatic carbocycles. The molecule has 4 N–H and O–H groups in total. The first-order valence-corrected chi connectivity index (χ1v) is 9.10.